The summed E-state index contributed by atoms with van der Waals surface area (Å²) in [5.74, 6) is 0.716. The molecule has 21 heavy (non-hydrogen) atoms. The number of rotatable bonds is 7. The van der Waals surface area contributed by atoms with Gasteiger partial charge in [-0.1, -0.05) is 12.1 Å². The average Bonchev–Trinajstić information content (AvgIpc) is 3.03. The Hall–Kier alpha value is -1.37. The van der Waals surface area contributed by atoms with E-state index in [1.54, 1.807) is 28.0 Å². The van der Waals surface area contributed by atoms with Crippen molar-refractivity contribution in [3.05, 3.63) is 46.4 Å². The molecule has 1 aromatic heterocycles. The minimum atomic E-state index is -0.0343. The lowest BCUT2D eigenvalue weighted by Gasteiger charge is -2.21. The van der Waals surface area contributed by atoms with E-state index in [-0.39, 0.29) is 12.5 Å². The van der Waals surface area contributed by atoms with Crippen molar-refractivity contribution in [2.45, 2.75) is 17.6 Å². The molecule has 6 heteroatoms. The molecule has 0 aliphatic rings. The van der Waals surface area contributed by atoms with Crippen molar-refractivity contribution in [3.63, 3.8) is 0 Å². The van der Waals surface area contributed by atoms with Crippen LogP contribution >= 0.6 is 23.1 Å². The van der Waals surface area contributed by atoms with Crippen LogP contribution in [-0.2, 0) is 5.75 Å². The number of thioether (sulfide) groups is 1. The van der Waals surface area contributed by atoms with E-state index in [0.29, 0.717) is 18.7 Å². The average molecular weight is 322 g/mol. The Bertz CT molecular complexity index is 573. The van der Waals surface area contributed by atoms with E-state index in [2.05, 4.69) is 4.98 Å². The van der Waals surface area contributed by atoms with Crippen LogP contribution in [0.5, 0.6) is 0 Å². The molecule has 0 saturated carbocycles. The second-order valence-electron chi connectivity index (χ2n) is 4.37. The molecule has 0 spiro atoms. The predicted molar refractivity (Wildman–Crippen MR) is 86.8 cm³/mol. The number of carbonyl (C=O) groups excluding carboxylic acids is 1. The van der Waals surface area contributed by atoms with Crippen molar-refractivity contribution in [1.82, 2.24) is 9.88 Å². The van der Waals surface area contributed by atoms with Gasteiger partial charge in [-0.25, -0.2) is 4.98 Å². The zero-order chi connectivity index (χ0) is 15.1. The van der Waals surface area contributed by atoms with Gasteiger partial charge in [0, 0.05) is 29.1 Å². The van der Waals surface area contributed by atoms with Crippen molar-refractivity contribution in [2.24, 2.45) is 0 Å². The molecular formula is C15H18N2O2S2. The maximum Gasteiger partial charge on any atom is 0.255 e. The van der Waals surface area contributed by atoms with E-state index in [1.807, 2.05) is 42.1 Å². The fourth-order valence-electron chi connectivity index (χ4n) is 1.92. The largest absolute Gasteiger partial charge is 0.395 e. The highest BCUT2D eigenvalue weighted by Crippen LogP contribution is 2.27. The van der Waals surface area contributed by atoms with Gasteiger partial charge >= 0.3 is 0 Å². The van der Waals surface area contributed by atoms with Crippen molar-refractivity contribution in [3.8, 4) is 0 Å². The fraction of sp³-hybridized carbons (Fsp3) is 0.333. The van der Waals surface area contributed by atoms with Crippen LogP contribution in [0.3, 0.4) is 0 Å². The molecule has 0 fully saturated rings. The SMILES string of the molecule is CCN(CCO)C(=O)c1ccccc1SCc1cscn1. The molecule has 0 aliphatic heterocycles. The number of benzene rings is 1. The number of carbonyl (C=O) groups is 1. The maximum atomic E-state index is 12.5. The molecule has 0 aliphatic carbocycles. The highest BCUT2D eigenvalue weighted by Gasteiger charge is 2.17. The highest BCUT2D eigenvalue weighted by molar-refractivity contribution is 7.98. The molecule has 112 valence electrons. The second kappa shape index (κ2) is 8.17. The predicted octanol–water partition coefficient (Wildman–Crippen LogP) is 2.89. The van der Waals surface area contributed by atoms with Gasteiger partial charge < -0.3 is 10.0 Å². The van der Waals surface area contributed by atoms with Gasteiger partial charge in [-0.15, -0.1) is 23.1 Å². The van der Waals surface area contributed by atoms with Crippen LogP contribution in [0.1, 0.15) is 23.0 Å². The number of amides is 1. The number of aliphatic hydroxyl groups excluding tert-OH is 1. The van der Waals surface area contributed by atoms with E-state index in [9.17, 15) is 4.79 Å². The summed E-state index contributed by atoms with van der Waals surface area (Å²) in [4.78, 5) is 19.4. The van der Waals surface area contributed by atoms with Crippen LogP contribution in [0.4, 0.5) is 0 Å². The molecule has 0 atom stereocenters. The van der Waals surface area contributed by atoms with Crippen molar-refractivity contribution >= 4 is 29.0 Å². The van der Waals surface area contributed by atoms with E-state index in [4.69, 9.17) is 5.11 Å². The van der Waals surface area contributed by atoms with Gasteiger partial charge in [0.2, 0.25) is 0 Å². The van der Waals surface area contributed by atoms with Crippen LogP contribution in [0.25, 0.3) is 0 Å². The Balaban J connectivity index is 2.13. The minimum Gasteiger partial charge on any atom is -0.395 e. The number of aliphatic hydroxyl groups is 1. The summed E-state index contributed by atoms with van der Waals surface area (Å²) in [6.07, 6.45) is 0. The summed E-state index contributed by atoms with van der Waals surface area (Å²) in [6.45, 7) is 2.84. The summed E-state index contributed by atoms with van der Waals surface area (Å²) in [5.41, 5.74) is 3.52. The Kier molecular flexibility index (Phi) is 6.22. The van der Waals surface area contributed by atoms with Crippen molar-refractivity contribution < 1.29 is 9.90 Å². The van der Waals surface area contributed by atoms with Gasteiger partial charge in [0.25, 0.3) is 5.91 Å². The van der Waals surface area contributed by atoms with Crippen LogP contribution < -0.4 is 0 Å². The molecule has 1 aromatic carbocycles. The Morgan fingerprint density at radius 1 is 1.43 bits per heavy atom. The zero-order valence-corrected chi connectivity index (χ0v) is 13.5. The molecule has 0 bridgehead atoms. The first kappa shape index (κ1) is 16.0. The van der Waals surface area contributed by atoms with Gasteiger partial charge in [-0.3, -0.25) is 4.79 Å². The topological polar surface area (TPSA) is 53.4 Å². The molecule has 4 nitrogen and oxygen atoms in total. The quantitative estimate of drug-likeness (QED) is 0.797. The lowest BCUT2D eigenvalue weighted by Crippen LogP contribution is -2.33. The number of nitrogens with zero attached hydrogens (tertiary/aromatic N) is 2. The van der Waals surface area contributed by atoms with Gasteiger partial charge in [-0.2, -0.15) is 0 Å². The van der Waals surface area contributed by atoms with Gasteiger partial charge in [0.15, 0.2) is 0 Å². The molecule has 0 radical (unpaired) electrons. The number of aromatic nitrogens is 1. The van der Waals surface area contributed by atoms with Crippen LogP contribution in [0, 0.1) is 0 Å². The third-order valence-corrected chi connectivity index (χ3v) is 4.76. The van der Waals surface area contributed by atoms with E-state index < -0.39 is 0 Å². The Morgan fingerprint density at radius 3 is 2.90 bits per heavy atom. The fourth-order valence-corrected chi connectivity index (χ4v) is 3.53. The van der Waals surface area contributed by atoms with Gasteiger partial charge in [-0.05, 0) is 19.1 Å². The van der Waals surface area contributed by atoms with E-state index in [0.717, 1.165) is 16.3 Å². The first-order valence-electron chi connectivity index (χ1n) is 6.75. The summed E-state index contributed by atoms with van der Waals surface area (Å²) in [7, 11) is 0. The van der Waals surface area contributed by atoms with Crippen LogP contribution in [0.2, 0.25) is 0 Å². The van der Waals surface area contributed by atoms with Crippen molar-refractivity contribution in [2.75, 3.05) is 19.7 Å². The molecule has 2 aromatic rings. The molecule has 2 rings (SSSR count). The monoisotopic (exact) mass is 322 g/mol. The van der Waals surface area contributed by atoms with Crippen LogP contribution in [0.15, 0.2) is 40.1 Å². The third kappa shape index (κ3) is 4.30. The summed E-state index contributed by atoms with van der Waals surface area (Å²) >= 11 is 3.19. The first-order valence-corrected chi connectivity index (χ1v) is 8.68. The second-order valence-corrected chi connectivity index (χ2v) is 6.11. The first-order chi connectivity index (χ1) is 10.3. The molecule has 1 amide bonds. The molecule has 0 saturated heterocycles. The highest BCUT2D eigenvalue weighted by atomic mass is 32.2. The Morgan fingerprint density at radius 2 is 2.24 bits per heavy atom. The Labute approximate surface area is 132 Å². The number of likely N-dealkylation sites (N-methyl/N-ethyl adjacent to an activating group) is 1. The zero-order valence-electron chi connectivity index (χ0n) is 11.9. The molecule has 1 heterocycles. The van der Waals surface area contributed by atoms with E-state index in [1.165, 1.54) is 0 Å². The number of hydrogen-bond donors (Lipinski definition) is 1. The number of thiazole rings is 1. The number of hydrogen-bond acceptors (Lipinski definition) is 5. The summed E-state index contributed by atoms with van der Waals surface area (Å²) in [6, 6.07) is 7.60. The third-order valence-electron chi connectivity index (χ3n) is 3.02. The summed E-state index contributed by atoms with van der Waals surface area (Å²) in [5, 5.41) is 11.1. The minimum absolute atomic E-state index is 0.0201. The standard InChI is InChI=1S/C15H18N2O2S2/c1-2-17(7-8-18)15(19)13-5-3-4-6-14(13)21-10-12-9-20-11-16-12/h3-6,9,11,18H,2,7-8,10H2,1H3. The molecule has 1 N–H and O–H groups in total. The smallest absolute Gasteiger partial charge is 0.255 e. The normalized spacial score (nSPS) is 10.6. The maximum absolute atomic E-state index is 12.5. The molecule has 0 unspecified atom stereocenters. The lowest BCUT2D eigenvalue weighted by molar-refractivity contribution is 0.0728. The van der Waals surface area contributed by atoms with Gasteiger partial charge in [0.05, 0.1) is 23.4 Å². The summed E-state index contributed by atoms with van der Waals surface area (Å²) < 4.78 is 0. The van der Waals surface area contributed by atoms with Crippen molar-refractivity contribution in [1.29, 1.82) is 0 Å². The van der Waals surface area contributed by atoms with E-state index >= 15 is 0 Å². The lowest BCUT2D eigenvalue weighted by atomic mass is 10.2. The van der Waals surface area contributed by atoms with Crippen LogP contribution in [-0.4, -0.2) is 40.6 Å². The molecular weight excluding hydrogens is 304 g/mol. The van der Waals surface area contributed by atoms with Gasteiger partial charge in [0.1, 0.15) is 0 Å².